The van der Waals surface area contributed by atoms with Crippen molar-refractivity contribution in [3.63, 3.8) is 0 Å². The maximum atomic E-state index is 13.2. The van der Waals surface area contributed by atoms with Gasteiger partial charge in [0.1, 0.15) is 18.3 Å². The van der Waals surface area contributed by atoms with Crippen LogP contribution in [0.15, 0.2) is 30.3 Å². The topological polar surface area (TPSA) is 102 Å². The Morgan fingerprint density at radius 2 is 1.63 bits per heavy atom. The lowest BCUT2D eigenvalue weighted by Gasteiger charge is -2.68. The molecule has 2 N–H and O–H groups in total. The normalized spacial score (nSPS) is 47.4. The number of aliphatic hydroxyl groups is 2. The van der Waals surface area contributed by atoms with E-state index < -0.39 is 17.8 Å². The van der Waals surface area contributed by atoms with Crippen molar-refractivity contribution in [3.8, 4) is 0 Å². The molecule has 1 aromatic carbocycles. The fourth-order valence-electron chi connectivity index (χ4n) is 13.4. The van der Waals surface area contributed by atoms with Gasteiger partial charge in [0, 0.05) is 17.8 Å². The smallest absolute Gasteiger partial charge is 0.338 e. The molecule has 0 bridgehead atoms. The Morgan fingerprint density at radius 1 is 0.913 bits per heavy atom. The molecular weight excluding hydrogens is 580 g/mol. The minimum atomic E-state index is -1.08. The van der Waals surface area contributed by atoms with Crippen LogP contribution in [0, 0.1) is 50.7 Å². The summed E-state index contributed by atoms with van der Waals surface area (Å²) in [5.41, 5.74) is -0.587. The average Bonchev–Trinajstić information content (AvgIpc) is 3.55. The van der Waals surface area contributed by atoms with Gasteiger partial charge in [-0.1, -0.05) is 45.9 Å². The quantitative estimate of drug-likeness (QED) is 0.346. The Morgan fingerprint density at radius 3 is 2.28 bits per heavy atom. The first kappa shape index (κ1) is 32.6. The number of carbonyl (C=O) groups excluding carboxylic acids is 2. The lowest BCUT2D eigenvalue weighted by molar-refractivity contribution is -0.249. The summed E-state index contributed by atoms with van der Waals surface area (Å²) >= 11 is 0. The highest BCUT2D eigenvalue weighted by atomic mass is 16.6. The summed E-state index contributed by atoms with van der Waals surface area (Å²) in [6.07, 6.45) is 7.34. The van der Waals surface area contributed by atoms with Gasteiger partial charge in [0.25, 0.3) is 0 Å². The second-order valence-electron chi connectivity index (χ2n) is 17.9. The number of carbonyl (C=O) groups is 2. The lowest BCUT2D eigenvalue weighted by Crippen LogP contribution is -2.67. The Kier molecular flexibility index (Phi) is 7.45. The Bertz CT molecular complexity index is 1370. The molecule has 46 heavy (non-hydrogen) atoms. The van der Waals surface area contributed by atoms with E-state index in [1.807, 2.05) is 30.3 Å². The van der Waals surface area contributed by atoms with Crippen molar-refractivity contribution in [3.05, 3.63) is 35.9 Å². The average molecular weight is 637 g/mol. The van der Waals surface area contributed by atoms with Gasteiger partial charge < -0.3 is 24.4 Å². The number of aliphatic hydroxyl groups excluding tert-OH is 1. The van der Waals surface area contributed by atoms with Gasteiger partial charge in [-0.15, -0.1) is 0 Å². The summed E-state index contributed by atoms with van der Waals surface area (Å²) in [5, 5.41) is 21.7. The van der Waals surface area contributed by atoms with Crippen molar-refractivity contribution >= 4 is 11.9 Å². The zero-order chi connectivity index (χ0) is 33.1. The van der Waals surface area contributed by atoms with Gasteiger partial charge in [0.15, 0.2) is 0 Å². The second kappa shape index (κ2) is 10.5. The number of esters is 2. The third-order valence-electron chi connectivity index (χ3n) is 15.3. The third-order valence-corrected chi connectivity index (χ3v) is 15.3. The molecule has 1 heterocycles. The fraction of sp³-hybridized carbons (Fsp3) is 0.795. The third kappa shape index (κ3) is 4.39. The van der Waals surface area contributed by atoms with Gasteiger partial charge in [0.05, 0.1) is 23.9 Å². The van der Waals surface area contributed by atoms with Crippen LogP contribution in [0.1, 0.15) is 117 Å². The first-order valence-corrected chi connectivity index (χ1v) is 18.0. The number of rotatable bonds is 5. The van der Waals surface area contributed by atoms with Crippen molar-refractivity contribution in [1.82, 2.24) is 0 Å². The summed E-state index contributed by atoms with van der Waals surface area (Å²) in [6, 6.07) is 9.28. The molecule has 6 fully saturated rings. The summed E-state index contributed by atoms with van der Waals surface area (Å²) in [7, 11) is 0. The number of hydrogen-bond donors (Lipinski definition) is 2. The largest absolute Gasteiger partial charge is 0.462 e. The maximum Gasteiger partial charge on any atom is 0.338 e. The van der Waals surface area contributed by atoms with Crippen LogP contribution >= 0.6 is 0 Å². The van der Waals surface area contributed by atoms with Crippen molar-refractivity contribution in [2.45, 2.75) is 136 Å². The first-order valence-electron chi connectivity index (χ1n) is 18.0. The summed E-state index contributed by atoms with van der Waals surface area (Å²) < 4.78 is 18.9. The number of hydrogen-bond acceptors (Lipinski definition) is 7. The minimum absolute atomic E-state index is 0.0379. The van der Waals surface area contributed by atoms with Crippen molar-refractivity contribution in [2.75, 3.05) is 6.61 Å². The molecule has 0 radical (unpaired) electrons. The van der Waals surface area contributed by atoms with Crippen LogP contribution in [0.3, 0.4) is 0 Å². The molecule has 1 saturated heterocycles. The molecule has 12 atom stereocenters. The Labute approximate surface area is 275 Å². The second-order valence-corrected chi connectivity index (χ2v) is 17.9. The van der Waals surface area contributed by atoms with Crippen LogP contribution in [0.4, 0.5) is 0 Å². The number of benzene rings is 1. The number of ether oxygens (including phenoxy) is 3. The first-order chi connectivity index (χ1) is 21.5. The molecule has 5 saturated carbocycles. The van der Waals surface area contributed by atoms with E-state index in [4.69, 9.17) is 14.2 Å². The van der Waals surface area contributed by atoms with Crippen LogP contribution in [0.5, 0.6) is 0 Å². The molecular formula is C39H56O7. The predicted molar refractivity (Wildman–Crippen MR) is 174 cm³/mol. The highest BCUT2D eigenvalue weighted by molar-refractivity contribution is 5.89. The van der Waals surface area contributed by atoms with E-state index >= 15 is 0 Å². The van der Waals surface area contributed by atoms with E-state index in [1.54, 1.807) is 20.8 Å². The van der Waals surface area contributed by atoms with Gasteiger partial charge >= 0.3 is 11.9 Å². The van der Waals surface area contributed by atoms with Crippen molar-refractivity contribution in [2.24, 2.45) is 50.7 Å². The van der Waals surface area contributed by atoms with Crippen LogP contribution < -0.4 is 0 Å². The molecule has 6 aliphatic rings. The molecule has 0 unspecified atom stereocenters. The van der Waals surface area contributed by atoms with E-state index in [0.717, 1.165) is 38.5 Å². The van der Waals surface area contributed by atoms with Gasteiger partial charge in [-0.3, -0.25) is 4.79 Å². The summed E-state index contributed by atoms with van der Waals surface area (Å²) in [6.45, 7) is 15.1. The molecule has 0 amide bonds. The van der Waals surface area contributed by atoms with E-state index in [2.05, 4.69) is 27.7 Å². The van der Waals surface area contributed by atoms with Gasteiger partial charge in [0.2, 0.25) is 0 Å². The van der Waals surface area contributed by atoms with Crippen LogP contribution in [-0.2, 0) is 19.0 Å². The maximum absolute atomic E-state index is 13.2. The summed E-state index contributed by atoms with van der Waals surface area (Å²) in [5.74, 6) is 0.905. The van der Waals surface area contributed by atoms with E-state index in [-0.39, 0.29) is 63.1 Å². The Hall–Kier alpha value is -1.96. The van der Waals surface area contributed by atoms with Gasteiger partial charge in [-0.2, -0.15) is 0 Å². The minimum Gasteiger partial charge on any atom is -0.462 e. The van der Waals surface area contributed by atoms with Crippen LogP contribution in [0.2, 0.25) is 0 Å². The van der Waals surface area contributed by atoms with E-state index in [1.165, 1.54) is 12.8 Å². The molecule has 7 nitrogen and oxygen atoms in total. The van der Waals surface area contributed by atoms with Gasteiger partial charge in [-0.25, -0.2) is 4.79 Å². The molecule has 1 aromatic rings. The number of fused-ring (bicyclic) bond motifs is 3. The van der Waals surface area contributed by atoms with Crippen molar-refractivity contribution < 1.29 is 34.0 Å². The van der Waals surface area contributed by atoms with E-state index in [9.17, 15) is 19.8 Å². The molecule has 1 aliphatic heterocycles. The standard InChI is InChI=1S/C39H56O7/c1-23(40)45-31-20-29-34(2,3)30(46-33(42)24-11-9-8-10-12-24)15-16-36(29,6)28-14-17-38-22-39(38,37(28,31)7)18-13-26(38)25-19-27(41)32(44-21-25)35(4,5)43/h8-12,25-32,41,43H,13-22H2,1-7H3/t25-,26-,27+,28+,29-,30+,31+,32+,36+,37-,38+,39+/m0/s1. The zero-order valence-electron chi connectivity index (χ0n) is 29.0. The lowest BCUT2D eigenvalue weighted by atomic mass is 9.37. The fourth-order valence-corrected chi connectivity index (χ4v) is 13.4. The highest BCUT2D eigenvalue weighted by Gasteiger charge is 2.86. The molecule has 7 rings (SSSR count). The molecule has 0 spiro atoms. The van der Waals surface area contributed by atoms with E-state index in [0.29, 0.717) is 30.4 Å². The Balaban J connectivity index is 1.18. The van der Waals surface area contributed by atoms with Crippen molar-refractivity contribution in [1.29, 1.82) is 0 Å². The molecule has 7 heteroatoms. The summed E-state index contributed by atoms with van der Waals surface area (Å²) in [4.78, 5) is 26.0. The molecule has 254 valence electrons. The predicted octanol–water partition coefficient (Wildman–Crippen LogP) is 6.73. The molecule has 0 aromatic heterocycles. The zero-order valence-corrected chi connectivity index (χ0v) is 29.0. The molecule has 5 aliphatic carbocycles. The van der Waals surface area contributed by atoms with Gasteiger partial charge in [-0.05, 0) is 124 Å². The SMILES string of the molecule is CC(=O)O[C@@H]1C[C@H]2C(C)(C)[C@H](OC(=O)c3ccccc3)CC[C@]2(C)[C@H]2CC[C@]34C[C@]3(CC[C@H]4[C@@H]3CO[C@@H](C(C)(C)O)[C@H](O)C3)[C@@]21C. The van der Waals surface area contributed by atoms with Crippen LogP contribution in [-0.4, -0.2) is 58.8 Å². The highest BCUT2D eigenvalue weighted by Crippen LogP contribution is 2.91. The van der Waals surface area contributed by atoms with Crippen LogP contribution in [0.25, 0.3) is 0 Å². The monoisotopic (exact) mass is 636 g/mol.